The van der Waals surface area contributed by atoms with Gasteiger partial charge in [0.05, 0.1) is 23.2 Å². The number of thiophene rings is 2. The number of nitrogens with one attached hydrogen (secondary N) is 1. The van der Waals surface area contributed by atoms with Gasteiger partial charge >= 0.3 is 12.1 Å². The lowest BCUT2D eigenvalue weighted by atomic mass is 10.1. The molecule has 214 valence electrons. The zero-order valence-electron chi connectivity index (χ0n) is 23.3. The van der Waals surface area contributed by atoms with Crippen LogP contribution in [0.25, 0.3) is 9.40 Å². The number of fused-ring (bicyclic) bond motifs is 1. The van der Waals surface area contributed by atoms with Crippen LogP contribution in [0.1, 0.15) is 46.8 Å². The molecule has 0 saturated heterocycles. The first-order valence-electron chi connectivity index (χ1n) is 13.1. The van der Waals surface area contributed by atoms with Crippen LogP contribution in [-0.2, 0) is 36.2 Å². The van der Waals surface area contributed by atoms with Gasteiger partial charge in [-0.3, -0.25) is 14.8 Å². The van der Waals surface area contributed by atoms with Gasteiger partial charge in [-0.25, -0.2) is 4.79 Å². The summed E-state index contributed by atoms with van der Waals surface area (Å²) in [6.07, 6.45) is 1.89. The van der Waals surface area contributed by atoms with Crippen LogP contribution in [0.3, 0.4) is 0 Å². The second-order valence-corrected chi connectivity index (χ2v) is 12.0. The predicted octanol–water partition coefficient (Wildman–Crippen LogP) is 5.64. The fourth-order valence-electron chi connectivity index (χ4n) is 4.37. The summed E-state index contributed by atoms with van der Waals surface area (Å²) in [6, 6.07) is 13.6. The van der Waals surface area contributed by atoms with Crippen LogP contribution in [0.2, 0.25) is 0 Å². The van der Waals surface area contributed by atoms with Crippen molar-refractivity contribution >= 4 is 50.0 Å². The van der Waals surface area contributed by atoms with E-state index in [1.807, 2.05) is 43.3 Å². The summed E-state index contributed by atoms with van der Waals surface area (Å²) in [4.78, 5) is 27.4. The minimum absolute atomic E-state index is 0.166. The molecule has 1 aliphatic carbocycles. The van der Waals surface area contributed by atoms with E-state index in [1.54, 1.807) is 54.8 Å². The highest BCUT2D eigenvalue weighted by molar-refractivity contribution is 7.28. The monoisotopic (exact) mass is 593 g/mol. The lowest BCUT2D eigenvalue weighted by Crippen LogP contribution is -2.29. The van der Waals surface area contributed by atoms with Crippen molar-refractivity contribution < 1.29 is 28.5 Å². The lowest BCUT2D eigenvalue weighted by molar-refractivity contribution is -0.151. The first-order valence-corrected chi connectivity index (χ1v) is 14.8. The van der Waals surface area contributed by atoms with E-state index in [4.69, 9.17) is 18.9 Å². The molecule has 1 unspecified atom stereocenters. The summed E-state index contributed by atoms with van der Waals surface area (Å²) in [7, 11) is 4.89. The van der Waals surface area contributed by atoms with Gasteiger partial charge in [0.25, 0.3) is 0 Å². The topological polar surface area (TPSA) is 101 Å². The third-order valence-electron chi connectivity index (χ3n) is 6.94. The fraction of sp³-hybridized carbons (Fsp3) is 0.367. The van der Waals surface area contributed by atoms with Gasteiger partial charge in [0, 0.05) is 35.5 Å². The highest BCUT2D eigenvalue weighted by Gasteiger charge is 2.54. The Kier molecular flexibility index (Phi) is 8.75. The average Bonchev–Trinajstić information content (AvgIpc) is 3.39. The van der Waals surface area contributed by atoms with Crippen molar-refractivity contribution in [1.82, 2.24) is 9.78 Å². The molecule has 3 aromatic heterocycles. The summed E-state index contributed by atoms with van der Waals surface area (Å²) in [5, 5.41) is 7.02. The lowest BCUT2D eigenvalue weighted by Gasteiger charge is -2.17. The van der Waals surface area contributed by atoms with Gasteiger partial charge in [-0.15, -0.1) is 22.7 Å². The van der Waals surface area contributed by atoms with Crippen LogP contribution in [0.4, 0.5) is 10.6 Å². The molecule has 1 aromatic carbocycles. The zero-order chi connectivity index (χ0) is 29.0. The quantitative estimate of drug-likeness (QED) is 0.188. The molecule has 1 saturated carbocycles. The zero-order valence-corrected chi connectivity index (χ0v) is 24.9. The van der Waals surface area contributed by atoms with Crippen molar-refractivity contribution in [2.75, 3.05) is 32.8 Å². The van der Waals surface area contributed by atoms with E-state index in [1.165, 1.54) is 0 Å². The van der Waals surface area contributed by atoms with Crippen LogP contribution in [0.15, 0.2) is 48.7 Å². The highest BCUT2D eigenvalue weighted by atomic mass is 32.1. The highest BCUT2D eigenvalue weighted by Crippen LogP contribution is 2.53. The van der Waals surface area contributed by atoms with Crippen molar-refractivity contribution in [2.45, 2.75) is 37.4 Å². The van der Waals surface area contributed by atoms with Gasteiger partial charge in [0.2, 0.25) is 0 Å². The second-order valence-electron chi connectivity index (χ2n) is 9.81. The SMILES string of the molecule is COCC(COC(=O)C1(c2cc3sc(C#Cc4cnn(C)c4NC(=O)O[C@H](C)c4ccccc4)cc3s2)CC1)OC. The Hall–Kier alpha value is -3.69. The fourth-order valence-corrected chi connectivity index (χ4v) is 6.86. The molecule has 9 nitrogen and oxygen atoms in total. The Labute approximate surface area is 246 Å². The smallest absolute Gasteiger partial charge is 0.413 e. The molecular weight excluding hydrogens is 562 g/mol. The maximum absolute atomic E-state index is 12.9. The molecule has 0 aliphatic heterocycles. The number of aromatic nitrogens is 2. The van der Waals surface area contributed by atoms with Crippen LogP contribution < -0.4 is 5.32 Å². The van der Waals surface area contributed by atoms with Crippen LogP contribution in [0, 0.1) is 11.8 Å². The van der Waals surface area contributed by atoms with E-state index in [2.05, 4.69) is 28.3 Å². The third kappa shape index (κ3) is 6.47. The average molecular weight is 594 g/mol. The van der Waals surface area contributed by atoms with E-state index < -0.39 is 17.6 Å². The molecular formula is C30H31N3O6S2. The van der Waals surface area contributed by atoms with Crippen molar-refractivity contribution in [1.29, 1.82) is 0 Å². The molecule has 0 radical (unpaired) electrons. The number of nitrogens with zero attached hydrogens (tertiary/aromatic N) is 2. The summed E-state index contributed by atoms with van der Waals surface area (Å²) < 4.78 is 25.2. The Balaban J connectivity index is 1.24. The van der Waals surface area contributed by atoms with Gasteiger partial charge in [0.1, 0.15) is 30.0 Å². The molecule has 4 aromatic rings. The van der Waals surface area contributed by atoms with E-state index in [0.29, 0.717) is 18.0 Å². The number of anilines is 1. The minimum Gasteiger partial charge on any atom is -0.462 e. The van der Waals surface area contributed by atoms with E-state index in [0.717, 1.165) is 37.6 Å². The van der Waals surface area contributed by atoms with Crippen molar-refractivity contribution in [3.05, 3.63) is 69.5 Å². The van der Waals surface area contributed by atoms with Gasteiger partial charge < -0.3 is 18.9 Å². The first kappa shape index (κ1) is 28.8. The Morgan fingerprint density at radius 3 is 2.54 bits per heavy atom. The normalized spacial score (nSPS) is 15.0. The molecule has 0 bridgehead atoms. The maximum Gasteiger partial charge on any atom is 0.413 e. The number of hydrogen-bond acceptors (Lipinski definition) is 9. The van der Waals surface area contributed by atoms with Crippen LogP contribution in [-0.4, -0.2) is 55.4 Å². The predicted molar refractivity (Wildman–Crippen MR) is 158 cm³/mol. The van der Waals surface area contributed by atoms with Crippen LogP contribution in [0.5, 0.6) is 0 Å². The summed E-state index contributed by atoms with van der Waals surface area (Å²) in [5.41, 5.74) is 0.917. The standard InChI is InChI=1S/C30H31N3O6S2/c1-19(20-8-6-5-7-9-20)39-29(35)32-27-21(16-31-33(27)2)10-11-23-14-24-25(40-23)15-26(41-24)30(12-13-30)28(34)38-18-22(37-4)17-36-3/h5-9,14-16,19,22H,12-13,17-18H2,1-4H3,(H,32,35)/t19-,22?/m1/s1. The van der Waals surface area contributed by atoms with Crippen LogP contribution >= 0.6 is 22.7 Å². The number of aryl methyl sites for hydroxylation is 1. The number of ether oxygens (including phenoxy) is 4. The molecule has 1 amide bonds. The van der Waals surface area contributed by atoms with E-state index >= 15 is 0 Å². The van der Waals surface area contributed by atoms with Gasteiger partial charge in [-0.05, 0) is 37.5 Å². The minimum atomic E-state index is -0.582. The summed E-state index contributed by atoms with van der Waals surface area (Å²) in [5.74, 6) is 6.56. The van der Waals surface area contributed by atoms with Crippen molar-refractivity contribution in [3.63, 3.8) is 0 Å². The number of carbonyl (C=O) groups is 2. The molecule has 11 heteroatoms. The Morgan fingerprint density at radius 1 is 1.10 bits per heavy atom. The molecule has 0 spiro atoms. The molecule has 1 fully saturated rings. The summed E-state index contributed by atoms with van der Waals surface area (Å²) >= 11 is 3.17. The van der Waals surface area contributed by atoms with E-state index in [9.17, 15) is 9.59 Å². The number of hydrogen-bond donors (Lipinski definition) is 1. The van der Waals surface area contributed by atoms with Gasteiger partial charge in [-0.1, -0.05) is 42.2 Å². The molecule has 41 heavy (non-hydrogen) atoms. The number of rotatable bonds is 10. The first-order chi connectivity index (χ1) is 19.8. The molecule has 1 aliphatic rings. The largest absolute Gasteiger partial charge is 0.462 e. The number of benzene rings is 1. The molecule has 2 atom stereocenters. The number of amides is 1. The third-order valence-corrected chi connectivity index (χ3v) is 9.35. The maximum atomic E-state index is 12.9. The van der Waals surface area contributed by atoms with Crippen molar-refractivity contribution in [3.8, 4) is 11.8 Å². The molecule has 3 heterocycles. The number of carbonyl (C=O) groups excluding carboxylic acids is 2. The number of esters is 1. The second kappa shape index (κ2) is 12.4. The molecule has 1 N–H and O–H groups in total. The Bertz CT molecular complexity index is 1560. The van der Waals surface area contributed by atoms with Crippen molar-refractivity contribution in [2.24, 2.45) is 7.05 Å². The van der Waals surface area contributed by atoms with E-state index in [-0.39, 0.29) is 18.7 Å². The van der Waals surface area contributed by atoms with Gasteiger partial charge in [-0.2, -0.15) is 5.10 Å². The number of methoxy groups -OCH3 is 2. The molecule has 5 rings (SSSR count). The summed E-state index contributed by atoms with van der Waals surface area (Å²) in [6.45, 7) is 2.35. The Morgan fingerprint density at radius 2 is 1.85 bits per heavy atom. The van der Waals surface area contributed by atoms with Gasteiger partial charge in [0.15, 0.2) is 0 Å².